The van der Waals surface area contributed by atoms with E-state index in [0.29, 0.717) is 17.1 Å². The Bertz CT molecular complexity index is 1080. The largest absolute Gasteiger partial charge is 0.507 e. The SMILES string of the molecule is COc1ccc(C2C(=C(O)c3ccc(F)cc3)C(=O)C(=O)N2CCCC(=O)O)cc1OC. The Balaban J connectivity index is 2.14. The number of aliphatic hydroxyl groups excluding tert-OH is 1. The number of carboxylic acids is 1. The van der Waals surface area contributed by atoms with Crippen LogP contribution in [0.3, 0.4) is 0 Å². The van der Waals surface area contributed by atoms with Crippen molar-refractivity contribution in [1.29, 1.82) is 0 Å². The number of nitrogens with zero attached hydrogens (tertiary/aromatic N) is 1. The summed E-state index contributed by atoms with van der Waals surface area (Å²) >= 11 is 0. The van der Waals surface area contributed by atoms with Gasteiger partial charge >= 0.3 is 5.97 Å². The number of Topliss-reactive ketones (excluding diaryl/α,β-unsaturated/α-hetero) is 1. The lowest BCUT2D eigenvalue weighted by atomic mass is 9.95. The second-order valence-electron chi connectivity index (χ2n) is 7.11. The first kappa shape index (κ1) is 22.8. The molecular weight excluding hydrogens is 421 g/mol. The number of benzene rings is 2. The topological polar surface area (TPSA) is 113 Å². The Morgan fingerprint density at radius 2 is 1.69 bits per heavy atom. The van der Waals surface area contributed by atoms with Crippen LogP contribution in [-0.4, -0.2) is 53.5 Å². The summed E-state index contributed by atoms with van der Waals surface area (Å²) in [5, 5.41) is 19.8. The van der Waals surface area contributed by atoms with Crippen LogP contribution < -0.4 is 9.47 Å². The number of hydrogen-bond donors (Lipinski definition) is 2. The molecule has 2 aromatic rings. The fourth-order valence-corrected chi connectivity index (χ4v) is 3.64. The van der Waals surface area contributed by atoms with Gasteiger partial charge in [-0.3, -0.25) is 14.4 Å². The lowest BCUT2D eigenvalue weighted by molar-refractivity contribution is -0.140. The predicted octanol–water partition coefficient (Wildman–Crippen LogP) is 3.13. The molecular formula is C23H22FNO7. The summed E-state index contributed by atoms with van der Waals surface area (Å²) in [6, 6.07) is 8.67. The summed E-state index contributed by atoms with van der Waals surface area (Å²) in [5.74, 6) is -3.01. The number of aliphatic hydroxyl groups is 1. The molecule has 8 nitrogen and oxygen atoms in total. The lowest BCUT2D eigenvalue weighted by Crippen LogP contribution is -2.31. The zero-order chi connectivity index (χ0) is 23.4. The Hall–Kier alpha value is -3.88. The van der Waals surface area contributed by atoms with E-state index in [1.54, 1.807) is 18.2 Å². The molecule has 0 spiro atoms. The number of aliphatic carboxylic acids is 1. The maximum Gasteiger partial charge on any atom is 0.303 e. The van der Waals surface area contributed by atoms with Crippen LogP contribution in [0.5, 0.6) is 11.5 Å². The van der Waals surface area contributed by atoms with Crippen LogP contribution in [0, 0.1) is 5.82 Å². The van der Waals surface area contributed by atoms with Crippen molar-refractivity contribution in [3.63, 3.8) is 0 Å². The number of likely N-dealkylation sites (tertiary alicyclic amines) is 1. The molecule has 2 N–H and O–H groups in total. The van der Waals surface area contributed by atoms with Gasteiger partial charge in [0.25, 0.3) is 11.7 Å². The van der Waals surface area contributed by atoms with Crippen molar-refractivity contribution in [3.05, 3.63) is 65.0 Å². The minimum Gasteiger partial charge on any atom is -0.507 e. The van der Waals surface area contributed by atoms with Gasteiger partial charge in [-0.25, -0.2) is 4.39 Å². The molecule has 0 aliphatic carbocycles. The van der Waals surface area contributed by atoms with Crippen molar-refractivity contribution >= 4 is 23.4 Å². The molecule has 1 fully saturated rings. The van der Waals surface area contributed by atoms with Gasteiger partial charge in [-0.05, 0) is 48.4 Å². The number of methoxy groups -OCH3 is 2. The highest BCUT2D eigenvalue weighted by atomic mass is 19.1. The zero-order valence-corrected chi connectivity index (χ0v) is 17.5. The third kappa shape index (κ3) is 4.41. The highest BCUT2D eigenvalue weighted by molar-refractivity contribution is 6.46. The predicted molar refractivity (Wildman–Crippen MR) is 112 cm³/mol. The zero-order valence-electron chi connectivity index (χ0n) is 17.5. The van der Waals surface area contributed by atoms with Gasteiger partial charge in [-0.1, -0.05) is 6.07 Å². The maximum atomic E-state index is 13.3. The Kier molecular flexibility index (Phi) is 6.77. The van der Waals surface area contributed by atoms with Crippen molar-refractivity contribution in [2.75, 3.05) is 20.8 Å². The summed E-state index contributed by atoms with van der Waals surface area (Å²) in [5.41, 5.74) is 0.449. The lowest BCUT2D eigenvalue weighted by Gasteiger charge is -2.25. The molecule has 2 aromatic carbocycles. The standard InChI is InChI=1S/C23H22FNO7/c1-31-16-10-7-14(12-17(16)32-2)20-19(21(28)13-5-8-15(24)9-6-13)22(29)23(30)25(20)11-3-4-18(26)27/h5-10,12,20,28H,3-4,11H2,1-2H3,(H,26,27). The number of carbonyl (C=O) groups is 3. The summed E-state index contributed by atoms with van der Waals surface area (Å²) < 4.78 is 23.9. The average Bonchev–Trinajstić information content (AvgIpc) is 3.03. The number of carboxylic acid groups (broad SMARTS) is 1. The van der Waals surface area contributed by atoms with Gasteiger partial charge in [-0.15, -0.1) is 0 Å². The van der Waals surface area contributed by atoms with Gasteiger partial charge in [0.15, 0.2) is 11.5 Å². The van der Waals surface area contributed by atoms with Gasteiger partial charge in [-0.2, -0.15) is 0 Å². The fraction of sp³-hybridized carbons (Fsp3) is 0.261. The first-order chi connectivity index (χ1) is 15.3. The summed E-state index contributed by atoms with van der Waals surface area (Å²) in [6.07, 6.45) is -0.0810. The second kappa shape index (κ2) is 9.51. The van der Waals surface area contributed by atoms with E-state index in [2.05, 4.69) is 0 Å². The molecule has 168 valence electrons. The fourth-order valence-electron chi connectivity index (χ4n) is 3.64. The third-order valence-electron chi connectivity index (χ3n) is 5.17. The van der Waals surface area contributed by atoms with Crippen molar-refractivity contribution in [3.8, 4) is 11.5 Å². The van der Waals surface area contributed by atoms with Gasteiger partial charge in [0.05, 0.1) is 25.8 Å². The summed E-state index contributed by atoms with van der Waals surface area (Å²) in [4.78, 5) is 37.9. The molecule has 1 aliphatic heterocycles. The summed E-state index contributed by atoms with van der Waals surface area (Å²) in [7, 11) is 2.90. The highest BCUT2D eigenvalue weighted by Crippen LogP contribution is 2.42. The number of carbonyl (C=O) groups excluding carboxylic acids is 2. The van der Waals surface area contributed by atoms with Gasteiger partial charge in [0.1, 0.15) is 11.6 Å². The van der Waals surface area contributed by atoms with Gasteiger partial charge in [0, 0.05) is 18.5 Å². The van der Waals surface area contributed by atoms with Crippen LogP contribution in [0.1, 0.15) is 30.0 Å². The molecule has 3 rings (SSSR count). The highest BCUT2D eigenvalue weighted by Gasteiger charge is 2.46. The molecule has 1 aliphatic rings. The molecule has 1 atom stereocenters. The molecule has 0 radical (unpaired) electrons. The smallest absolute Gasteiger partial charge is 0.303 e. The van der Waals surface area contributed by atoms with E-state index in [1.807, 2.05) is 0 Å². The molecule has 0 aromatic heterocycles. The van der Waals surface area contributed by atoms with Crippen LogP contribution in [0.15, 0.2) is 48.0 Å². The normalized spacial score (nSPS) is 17.5. The molecule has 0 saturated carbocycles. The number of ketones is 1. The average molecular weight is 443 g/mol. The van der Waals surface area contributed by atoms with Crippen LogP contribution in [-0.2, 0) is 14.4 Å². The number of halogens is 1. The Labute approximate surface area is 183 Å². The van der Waals surface area contributed by atoms with Crippen LogP contribution >= 0.6 is 0 Å². The van der Waals surface area contributed by atoms with E-state index in [9.17, 15) is 23.9 Å². The van der Waals surface area contributed by atoms with E-state index >= 15 is 0 Å². The molecule has 9 heteroatoms. The first-order valence-corrected chi connectivity index (χ1v) is 9.76. The number of rotatable bonds is 8. The first-order valence-electron chi connectivity index (χ1n) is 9.76. The van der Waals surface area contributed by atoms with Crippen LogP contribution in [0.25, 0.3) is 5.76 Å². The minimum absolute atomic E-state index is 0.0178. The molecule has 1 heterocycles. The van der Waals surface area contributed by atoms with Crippen LogP contribution in [0.4, 0.5) is 4.39 Å². The van der Waals surface area contributed by atoms with E-state index in [0.717, 1.165) is 12.1 Å². The van der Waals surface area contributed by atoms with E-state index in [-0.39, 0.29) is 30.5 Å². The Morgan fingerprint density at radius 1 is 1.03 bits per heavy atom. The minimum atomic E-state index is -1.03. The Morgan fingerprint density at radius 3 is 2.28 bits per heavy atom. The molecule has 1 unspecified atom stereocenters. The van der Waals surface area contributed by atoms with Gasteiger partial charge in [0.2, 0.25) is 0 Å². The molecule has 1 amide bonds. The number of hydrogen-bond acceptors (Lipinski definition) is 6. The van der Waals surface area contributed by atoms with Gasteiger partial charge < -0.3 is 24.6 Å². The number of amides is 1. The van der Waals surface area contributed by atoms with Crippen LogP contribution in [0.2, 0.25) is 0 Å². The van der Waals surface area contributed by atoms with Crippen molar-refractivity contribution in [2.24, 2.45) is 0 Å². The summed E-state index contributed by atoms with van der Waals surface area (Å²) in [6.45, 7) is -0.0178. The number of ether oxygens (including phenoxy) is 2. The van der Waals surface area contributed by atoms with E-state index in [4.69, 9.17) is 14.6 Å². The maximum absolute atomic E-state index is 13.3. The second-order valence-corrected chi connectivity index (χ2v) is 7.11. The third-order valence-corrected chi connectivity index (χ3v) is 5.17. The van der Waals surface area contributed by atoms with E-state index in [1.165, 1.54) is 31.3 Å². The van der Waals surface area contributed by atoms with Crippen molar-refractivity contribution in [2.45, 2.75) is 18.9 Å². The quantitative estimate of drug-likeness (QED) is 0.366. The van der Waals surface area contributed by atoms with E-state index < -0.39 is 35.3 Å². The molecule has 0 bridgehead atoms. The molecule has 32 heavy (non-hydrogen) atoms. The van der Waals surface area contributed by atoms with Crippen molar-refractivity contribution < 1.29 is 38.5 Å². The molecule has 1 saturated heterocycles. The van der Waals surface area contributed by atoms with Crippen molar-refractivity contribution in [1.82, 2.24) is 4.90 Å². The monoisotopic (exact) mass is 443 g/mol.